The first-order valence-electron chi connectivity index (χ1n) is 9.08. The van der Waals surface area contributed by atoms with Crippen molar-refractivity contribution < 1.29 is 33.4 Å². The van der Waals surface area contributed by atoms with Gasteiger partial charge in [-0.15, -0.1) is 0 Å². The first-order valence-corrected chi connectivity index (χ1v) is 11.4. The second-order valence-electron chi connectivity index (χ2n) is 7.00. The fourth-order valence-electron chi connectivity index (χ4n) is 1.98. The summed E-state index contributed by atoms with van der Waals surface area (Å²) in [6, 6.07) is -1.46. The summed E-state index contributed by atoms with van der Waals surface area (Å²) < 4.78 is 14.6. The first-order chi connectivity index (χ1) is 13.5. The van der Waals surface area contributed by atoms with E-state index in [4.69, 9.17) is 9.47 Å². The number of carbonyl (C=O) groups excluding carboxylic acids is 4. The van der Waals surface area contributed by atoms with Gasteiger partial charge in [-0.2, -0.15) is 23.5 Å². The Labute approximate surface area is 180 Å². The standard InChI is InChI=1S/C18H32N2O7S2/c1-12(21)19-13(15(22)25-5)10-28-8-7-9-29-11-14(16(23)26-6)20-17(24)27-18(2,3)4/h13-14H,7-11H2,1-6H3,(H,19,21)(H,20,24)/t13-,14-/m0/s1. The fourth-order valence-corrected chi connectivity index (χ4v) is 4.11. The van der Waals surface area contributed by atoms with Crippen LogP contribution in [0.25, 0.3) is 0 Å². The maximum atomic E-state index is 11.9. The van der Waals surface area contributed by atoms with E-state index in [9.17, 15) is 19.2 Å². The molecule has 0 radical (unpaired) electrons. The molecule has 9 nitrogen and oxygen atoms in total. The third-order valence-electron chi connectivity index (χ3n) is 3.19. The smallest absolute Gasteiger partial charge is 0.408 e. The van der Waals surface area contributed by atoms with Gasteiger partial charge in [-0.3, -0.25) is 4.79 Å². The molecule has 0 fully saturated rings. The predicted octanol–water partition coefficient (Wildman–Crippen LogP) is 1.59. The number of ether oxygens (including phenoxy) is 3. The Hall–Kier alpha value is -1.62. The van der Waals surface area contributed by atoms with Gasteiger partial charge < -0.3 is 24.8 Å². The molecule has 0 saturated heterocycles. The molecule has 0 aromatic carbocycles. The number of nitrogens with one attached hydrogen (secondary N) is 2. The highest BCUT2D eigenvalue weighted by atomic mass is 32.2. The molecule has 0 saturated carbocycles. The quantitative estimate of drug-likeness (QED) is 0.258. The number of methoxy groups -OCH3 is 2. The van der Waals surface area contributed by atoms with E-state index in [0.717, 1.165) is 17.9 Å². The van der Waals surface area contributed by atoms with E-state index in [-0.39, 0.29) is 5.91 Å². The summed E-state index contributed by atoms with van der Waals surface area (Å²) in [7, 11) is 2.54. The SMILES string of the molecule is COC(=O)[C@H](CSCCCSC[C@H](NC(=O)OC(C)(C)C)C(=O)OC)NC(C)=O. The van der Waals surface area contributed by atoms with Crippen LogP contribution >= 0.6 is 23.5 Å². The highest BCUT2D eigenvalue weighted by molar-refractivity contribution is 8.00. The lowest BCUT2D eigenvalue weighted by molar-refractivity contribution is -0.144. The minimum atomic E-state index is -0.795. The van der Waals surface area contributed by atoms with Crippen LogP contribution in [-0.4, -0.2) is 78.9 Å². The predicted molar refractivity (Wildman–Crippen MR) is 114 cm³/mol. The molecule has 0 aromatic heterocycles. The number of carbonyl (C=O) groups is 4. The van der Waals surface area contributed by atoms with Crippen molar-refractivity contribution in [3.63, 3.8) is 0 Å². The van der Waals surface area contributed by atoms with Gasteiger partial charge in [-0.25, -0.2) is 14.4 Å². The first kappa shape index (κ1) is 27.4. The van der Waals surface area contributed by atoms with Crippen molar-refractivity contribution in [2.45, 2.75) is 51.8 Å². The molecule has 2 atom stereocenters. The van der Waals surface area contributed by atoms with Crippen LogP contribution in [-0.2, 0) is 28.6 Å². The van der Waals surface area contributed by atoms with Gasteiger partial charge in [0, 0.05) is 18.4 Å². The largest absolute Gasteiger partial charge is 0.467 e. The summed E-state index contributed by atoms with van der Waals surface area (Å²) in [5, 5.41) is 5.08. The molecule has 29 heavy (non-hydrogen) atoms. The van der Waals surface area contributed by atoms with Crippen LogP contribution in [0.4, 0.5) is 4.79 Å². The number of esters is 2. The maximum absolute atomic E-state index is 11.9. The summed E-state index contributed by atoms with van der Waals surface area (Å²) in [5.41, 5.74) is -0.658. The van der Waals surface area contributed by atoms with Crippen LogP contribution in [0.1, 0.15) is 34.1 Å². The molecule has 0 bridgehead atoms. The summed E-state index contributed by atoms with van der Waals surface area (Å²) in [5.74, 6) is 0.991. The Morgan fingerprint density at radius 2 is 1.31 bits per heavy atom. The van der Waals surface area contributed by atoms with E-state index in [1.54, 1.807) is 20.8 Å². The monoisotopic (exact) mass is 452 g/mol. The molecule has 0 unspecified atom stereocenters. The molecule has 0 spiro atoms. The molecule has 11 heteroatoms. The number of amides is 2. The molecular formula is C18H32N2O7S2. The van der Waals surface area contributed by atoms with Crippen molar-refractivity contribution >= 4 is 47.5 Å². The molecule has 0 aliphatic rings. The van der Waals surface area contributed by atoms with Gasteiger partial charge in [0.05, 0.1) is 14.2 Å². The third kappa shape index (κ3) is 14.1. The number of hydrogen-bond acceptors (Lipinski definition) is 9. The molecule has 0 aliphatic heterocycles. The zero-order valence-corrected chi connectivity index (χ0v) is 19.5. The van der Waals surface area contributed by atoms with E-state index in [1.807, 2.05) is 0 Å². The van der Waals surface area contributed by atoms with Gasteiger partial charge in [0.15, 0.2) is 0 Å². The Kier molecular flexibility index (Phi) is 13.6. The van der Waals surface area contributed by atoms with Crippen molar-refractivity contribution in [1.82, 2.24) is 10.6 Å². The van der Waals surface area contributed by atoms with Gasteiger partial charge in [-0.1, -0.05) is 0 Å². The second kappa shape index (κ2) is 14.4. The number of hydrogen-bond donors (Lipinski definition) is 2. The molecule has 0 rings (SSSR count). The molecule has 168 valence electrons. The average Bonchev–Trinajstić information content (AvgIpc) is 2.62. The molecular weight excluding hydrogens is 420 g/mol. The van der Waals surface area contributed by atoms with E-state index >= 15 is 0 Å². The average molecular weight is 453 g/mol. The number of rotatable bonds is 12. The van der Waals surface area contributed by atoms with Gasteiger partial charge >= 0.3 is 18.0 Å². The van der Waals surface area contributed by atoms with Gasteiger partial charge in [0.2, 0.25) is 5.91 Å². The topological polar surface area (TPSA) is 120 Å². The van der Waals surface area contributed by atoms with Gasteiger partial charge in [-0.05, 0) is 38.7 Å². The van der Waals surface area contributed by atoms with Crippen LogP contribution in [0.2, 0.25) is 0 Å². The highest BCUT2D eigenvalue weighted by Gasteiger charge is 2.25. The van der Waals surface area contributed by atoms with Crippen LogP contribution in [0.15, 0.2) is 0 Å². The highest BCUT2D eigenvalue weighted by Crippen LogP contribution is 2.12. The minimum Gasteiger partial charge on any atom is -0.467 e. The van der Waals surface area contributed by atoms with Crippen molar-refractivity contribution in [3.8, 4) is 0 Å². The lowest BCUT2D eigenvalue weighted by atomic mass is 10.2. The Morgan fingerprint density at radius 1 is 0.862 bits per heavy atom. The normalized spacial score (nSPS) is 13.0. The van der Waals surface area contributed by atoms with Crippen molar-refractivity contribution in [1.29, 1.82) is 0 Å². The Morgan fingerprint density at radius 3 is 1.69 bits per heavy atom. The minimum absolute atomic E-state index is 0.289. The lowest BCUT2D eigenvalue weighted by Gasteiger charge is -2.22. The van der Waals surface area contributed by atoms with Crippen LogP contribution in [0.5, 0.6) is 0 Å². The number of alkyl carbamates (subject to hydrolysis) is 1. The van der Waals surface area contributed by atoms with Crippen LogP contribution in [0, 0.1) is 0 Å². The molecule has 0 aliphatic carbocycles. The van der Waals surface area contributed by atoms with Gasteiger partial charge in [0.25, 0.3) is 0 Å². The van der Waals surface area contributed by atoms with E-state index in [0.29, 0.717) is 11.5 Å². The number of thioether (sulfide) groups is 2. The zero-order chi connectivity index (χ0) is 22.4. The van der Waals surface area contributed by atoms with Crippen LogP contribution in [0.3, 0.4) is 0 Å². The molecule has 2 amide bonds. The Bertz CT molecular complexity index is 553. The lowest BCUT2D eigenvalue weighted by Crippen LogP contribution is -2.45. The fraction of sp³-hybridized carbons (Fsp3) is 0.778. The zero-order valence-electron chi connectivity index (χ0n) is 17.9. The molecule has 0 aromatic rings. The second-order valence-corrected chi connectivity index (χ2v) is 9.30. The van der Waals surface area contributed by atoms with E-state index < -0.39 is 35.7 Å². The van der Waals surface area contributed by atoms with Crippen molar-refractivity contribution in [2.75, 3.05) is 37.2 Å². The summed E-state index contributed by atoms with van der Waals surface area (Å²) in [6.45, 7) is 6.56. The Balaban J connectivity index is 4.23. The molecule has 2 N–H and O–H groups in total. The van der Waals surface area contributed by atoms with Crippen molar-refractivity contribution in [2.24, 2.45) is 0 Å². The van der Waals surface area contributed by atoms with E-state index in [2.05, 4.69) is 15.4 Å². The third-order valence-corrected chi connectivity index (χ3v) is 5.48. The van der Waals surface area contributed by atoms with Crippen molar-refractivity contribution in [3.05, 3.63) is 0 Å². The van der Waals surface area contributed by atoms with Gasteiger partial charge in [0.1, 0.15) is 17.7 Å². The maximum Gasteiger partial charge on any atom is 0.408 e. The summed E-state index contributed by atoms with van der Waals surface area (Å²) in [4.78, 5) is 46.5. The summed E-state index contributed by atoms with van der Waals surface area (Å²) in [6.07, 6.45) is 0.153. The van der Waals surface area contributed by atoms with E-state index in [1.165, 1.54) is 44.7 Å². The summed E-state index contributed by atoms with van der Waals surface area (Å²) >= 11 is 3.02. The van der Waals surface area contributed by atoms with Crippen LogP contribution < -0.4 is 10.6 Å². The molecule has 0 heterocycles.